The molecule has 7 nitrogen and oxygen atoms in total. The predicted octanol–water partition coefficient (Wildman–Crippen LogP) is 3.40. The topological polar surface area (TPSA) is 93.2 Å². The molecule has 0 saturated carbocycles. The Kier molecular flexibility index (Phi) is 5.36. The minimum atomic E-state index is -0.507. The number of rotatable bonds is 5. The van der Waals surface area contributed by atoms with Gasteiger partial charge in [-0.15, -0.1) is 10.2 Å². The Morgan fingerprint density at radius 3 is 2.44 bits per heavy atom. The van der Waals surface area contributed by atoms with Crippen LogP contribution in [-0.4, -0.2) is 29.2 Å². The van der Waals surface area contributed by atoms with Gasteiger partial charge in [-0.3, -0.25) is 4.79 Å². The number of carbonyl (C=O) groups excluding carboxylic acids is 2. The number of esters is 1. The van der Waals surface area contributed by atoms with Crippen LogP contribution in [0.4, 0.5) is 21.6 Å². The Bertz CT molecular complexity index is 977. The van der Waals surface area contributed by atoms with Gasteiger partial charge in [-0.05, 0) is 48.5 Å². The van der Waals surface area contributed by atoms with Crippen LogP contribution in [0, 0.1) is 5.82 Å². The molecule has 3 rings (SSSR count). The Morgan fingerprint density at radius 1 is 0.963 bits per heavy atom. The lowest BCUT2D eigenvalue weighted by atomic mass is 10.2. The van der Waals surface area contributed by atoms with Crippen molar-refractivity contribution in [2.24, 2.45) is 0 Å². The average Bonchev–Trinajstić information content (AvgIpc) is 2.68. The van der Waals surface area contributed by atoms with E-state index in [9.17, 15) is 14.0 Å². The maximum Gasteiger partial charge on any atom is 0.337 e. The van der Waals surface area contributed by atoms with Crippen LogP contribution >= 0.6 is 0 Å². The molecule has 0 atom stereocenters. The van der Waals surface area contributed by atoms with Crippen molar-refractivity contribution >= 4 is 29.1 Å². The van der Waals surface area contributed by atoms with Gasteiger partial charge in [-0.1, -0.05) is 12.1 Å². The summed E-state index contributed by atoms with van der Waals surface area (Å²) in [6, 6.07) is 15.3. The molecule has 2 N–H and O–H groups in total. The zero-order valence-corrected chi connectivity index (χ0v) is 14.3. The molecule has 1 amide bonds. The number of hydrogen-bond donors (Lipinski definition) is 2. The van der Waals surface area contributed by atoms with Crippen LogP contribution in [0.15, 0.2) is 60.7 Å². The average molecular weight is 366 g/mol. The Labute approximate surface area is 154 Å². The monoisotopic (exact) mass is 366 g/mol. The number of halogens is 1. The molecule has 2 aromatic carbocycles. The van der Waals surface area contributed by atoms with Gasteiger partial charge in [0, 0.05) is 11.4 Å². The molecule has 27 heavy (non-hydrogen) atoms. The number of nitrogens with one attached hydrogen (secondary N) is 2. The Balaban J connectivity index is 1.68. The highest BCUT2D eigenvalue weighted by Gasteiger charge is 2.10. The van der Waals surface area contributed by atoms with E-state index in [0.29, 0.717) is 22.8 Å². The van der Waals surface area contributed by atoms with Gasteiger partial charge < -0.3 is 15.4 Å². The lowest BCUT2D eigenvalue weighted by Crippen LogP contribution is -2.14. The van der Waals surface area contributed by atoms with Crippen molar-refractivity contribution in [1.82, 2.24) is 10.2 Å². The summed E-state index contributed by atoms with van der Waals surface area (Å²) in [5.74, 6) is -1.02. The molecule has 3 aromatic rings. The van der Waals surface area contributed by atoms with Crippen molar-refractivity contribution < 1.29 is 18.7 Å². The summed E-state index contributed by atoms with van der Waals surface area (Å²) in [6.07, 6.45) is 0. The van der Waals surface area contributed by atoms with E-state index < -0.39 is 17.7 Å². The standard InChI is InChI=1S/C19H15FN4O3/c1-27-19(26)12-4-2-6-14(10-12)21-17-9-8-16(23-24-17)18(25)22-15-7-3-5-13(20)11-15/h2-11H,1H3,(H,21,24)(H,22,25). The number of ether oxygens (including phenoxy) is 1. The van der Waals surface area contributed by atoms with Gasteiger partial charge >= 0.3 is 5.97 Å². The molecule has 0 spiro atoms. The van der Waals surface area contributed by atoms with Gasteiger partial charge in [-0.25, -0.2) is 9.18 Å². The van der Waals surface area contributed by atoms with Gasteiger partial charge in [0.2, 0.25) is 0 Å². The second-order valence-electron chi connectivity index (χ2n) is 5.47. The maximum atomic E-state index is 13.2. The van der Waals surface area contributed by atoms with E-state index in [1.54, 1.807) is 36.4 Å². The molecule has 1 heterocycles. The molecule has 0 aliphatic heterocycles. The first-order valence-electron chi connectivity index (χ1n) is 7.91. The van der Waals surface area contributed by atoms with Crippen LogP contribution in [0.5, 0.6) is 0 Å². The van der Waals surface area contributed by atoms with E-state index in [2.05, 4.69) is 25.6 Å². The summed E-state index contributed by atoms with van der Waals surface area (Å²) in [7, 11) is 1.31. The maximum absolute atomic E-state index is 13.2. The zero-order valence-electron chi connectivity index (χ0n) is 14.3. The summed E-state index contributed by atoms with van der Waals surface area (Å²) >= 11 is 0. The smallest absolute Gasteiger partial charge is 0.337 e. The lowest BCUT2D eigenvalue weighted by molar-refractivity contribution is 0.0600. The number of anilines is 3. The Hall–Kier alpha value is -3.81. The zero-order chi connectivity index (χ0) is 19.2. The van der Waals surface area contributed by atoms with Gasteiger partial charge in [0.1, 0.15) is 5.82 Å². The van der Waals surface area contributed by atoms with Crippen LogP contribution in [-0.2, 0) is 4.74 Å². The fourth-order valence-electron chi connectivity index (χ4n) is 2.27. The highest BCUT2D eigenvalue weighted by atomic mass is 19.1. The van der Waals surface area contributed by atoms with E-state index in [0.717, 1.165) is 0 Å². The fourth-order valence-corrected chi connectivity index (χ4v) is 2.27. The van der Waals surface area contributed by atoms with Crippen LogP contribution < -0.4 is 10.6 Å². The highest BCUT2D eigenvalue weighted by molar-refractivity contribution is 6.02. The fraction of sp³-hybridized carbons (Fsp3) is 0.0526. The molecule has 0 aliphatic carbocycles. The van der Waals surface area contributed by atoms with Crippen molar-refractivity contribution in [2.45, 2.75) is 0 Å². The summed E-state index contributed by atoms with van der Waals surface area (Å²) < 4.78 is 17.8. The largest absolute Gasteiger partial charge is 0.465 e. The third-order valence-corrected chi connectivity index (χ3v) is 3.54. The number of carbonyl (C=O) groups is 2. The molecule has 0 unspecified atom stereocenters. The minimum Gasteiger partial charge on any atom is -0.465 e. The Morgan fingerprint density at radius 2 is 1.74 bits per heavy atom. The number of amides is 1. The van der Waals surface area contributed by atoms with E-state index in [1.807, 2.05) is 0 Å². The second-order valence-corrected chi connectivity index (χ2v) is 5.47. The van der Waals surface area contributed by atoms with Gasteiger partial charge in [-0.2, -0.15) is 0 Å². The second kappa shape index (κ2) is 8.05. The number of aromatic nitrogens is 2. The lowest BCUT2D eigenvalue weighted by Gasteiger charge is -2.08. The molecular formula is C19H15FN4O3. The first-order valence-corrected chi connectivity index (χ1v) is 7.91. The molecule has 0 bridgehead atoms. The summed E-state index contributed by atoms with van der Waals surface area (Å²) in [5, 5.41) is 13.3. The van der Waals surface area contributed by atoms with Gasteiger partial charge in [0.15, 0.2) is 11.5 Å². The van der Waals surface area contributed by atoms with Crippen LogP contribution in [0.3, 0.4) is 0 Å². The SMILES string of the molecule is COC(=O)c1cccc(Nc2ccc(C(=O)Nc3cccc(F)c3)nn2)c1. The van der Waals surface area contributed by atoms with Crippen LogP contribution in [0.1, 0.15) is 20.8 Å². The van der Waals surface area contributed by atoms with Crippen molar-refractivity contribution in [3.05, 3.63) is 77.7 Å². The number of hydrogen-bond acceptors (Lipinski definition) is 6. The van der Waals surface area contributed by atoms with Gasteiger partial charge in [0.25, 0.3) is 5.91 Å². The first-order chi connectivity index (χ1) is 13.0. The summed E-state index contributed by atoms with van der Waals surface area (Å²) in [5.41, 5.74) is 1.41. The normalized spacial score (nSPS) is 10.1. The molecule has 0 radical (unpaired) electrons. The summed E-state index contributed by atoms with van der Waals surface area (Å²) in [6.45, 7) is 0. The summed E-state index contributed by atoms with van der Waals surface area (Å²) in [4.78, 5) is 23.7. The van der Waals surface area contributed by atoms with Gasteiger partial charge in [0.05, 0.1) is 12.7 Å². The van der Waals surface area contributed by atoms with E-state index >= 15 is 0 Å². The predicted molar refractivity (Wildman–Crippen MR) is 97.4 cm³/mol. The van der Waals surface area contributed by atoms with Crippen molar-refractivity contribution in [1.29, 1.82) is 0 Å². The van der Waals surface area contributed by atoms with E-state index in [1.165, 1.54) is 31.4 Å². The third kappa shape index (κ3) is 4.63. The number of benzene rings is 2. The van der Waals surface area contributed by atoms with Crippen molar-refractivity contribution in [3.8, 4) is 0 Å². The quantitative estimate of drug-likeness (QED) is 0.672. The molecule has 0 saturated heterocycles. The first kappa shape index (κ1) is 18.0. The molecule has 0 fully saturated rings. The van der Waals surface area contributed by atoms with E-state index in [-0.39, 0.29) is 5.69 Å². The molecule has 0 aliphatic rings. The van der Waals surface area contributed by atoms with Crippen molar-refractivity contribution in [2.75, 3.05) is 17.7 Å². The highest BCUT2D eigenvalue weighted by Crippen LogP contribution is 2.17. The molecule has 1 aromatic heterocycles. The van der Waals surface area contributed by atoms with Crippen LogP contribution in [0.25, 0.3) is 0 Å². The number of methoxy groups -OCH3 is 1. The third-order valence-electron chi connectivity index (χ3n) is 3.54. The van der Waals surface area contributed by atoms with Crippen LogP contribution in [0.2, 0.25) is 0 Å². The molecule has 8 heteroatoms. The molecule has 136 valence electrons. The molecular weight excluding hydrogens is 351 g/mol. The minimum absolute atomic E-state index is 0.0770. The number of nitrogens with zero attached hydrogens (tertiary/aromatic N) is 2. The van der Waals surface area contributed by atoms with E-state index in [4.69, 9.17) is 0 Å². The van der Waals surface area contributed by atoms with Crippen molar-refractivity contribution in [3.63, 3.8) is 0 Å².